The fourth-order valence-corrected chi connectivity index (χ4v) is 4.43. The lowest BCUT2D eigenvalue weighted by Gasteiger charge is -2.38. The minimum absolute atomic E-state index is 0.0431. The lowest BCUT2D eigenvalue weighted by atomic mass is 9.72. The molecule has 0 atom stereocenters. The zero-order chi connectivity index (χ0) is 23.5. The van der Waals surface area contributed by atoms with Crippen LogP contribution in [0, 0.1) is 0 Å². The molecule has 8 heteroatoms. The normalized spacial score (nSPS) is 14.7. The van der Waals surface area contributed by atoms with Gasteiger partial charge in [0.05, 0.1) is 18.6 Å². The number of nitrogens with zero attached hydrogens (tertiary/aromatic N) is 2. The number of hydrogen-bond donors (Lipinski definition) is 5. The Morgan fingerprint density at radius 1 is 0.882 bits per heavy atom. The first-order valence-corrected chi connectivity index (χ1v) is 11.6. The Kier molecular flexibility index (Phi) is 6.19. The number of rotatable bonds is 9. The van der Waals surface area contributed by atoms with Crippen LogP contribution in [0.1, 0.15) is 24.8 Å². The zero-order valence-corrected chi connectivity index (χ0v) is 18.9. The number of hydrogen-bond acceptors (Lipinski definition) is 8. The molecule has 2 aromatic carbocycles. The van der Waals surface area contributed by atoms with Crippen LogP contribution in [0.25, 0.3) is 33.6 Å². The van der Waals surface area contributed by atoms with Gasteiger partial charge >= 0.3 is 0 Å². The van der Waals surface area contributed by atoms with Crippen molar-refractivity contribution in [3.05, 3.63) is 60.2 Å². The molecular formula is C26H29N5O3. The van der Waals surface area contributed by atoms with Crippen LogP contribution in [0.3, 0.4) is 0 Å². The van der Waals surface area contributed by atoms with Crippen LogP contribution in [0.5, 0.6) is 0 Å². The van der Waals surface area contributed by atoms with Crippen LogP contribution in [0.15, 0.2) is 59.0 Å². The molecule has 34 heavy (non-hydrogen) atoms. The van der Waals surface area contributed by atoms with Crippen molar-refractivity contribution >= 4 is 22.9 Å². The molecule has 4 aromatic rings. The fraction of sp³-hybridized carbons (Fsp3) is 0.308. The van der Waals surface area contributed by atoms with Crippen LogP contribution in [-0.2, 0) is 5.54 Å². The van der Waals surface area contributed by atoms with Gasteiger partial charge in [0.25, 0.3) is 0 Å². The monoisotopic (exact) mass is 459 g/mol. The van der Waals surface area contributed by atoms with Gasteiger partial charge in [-0.05, 0) is 30.4 Å². The van der Waals surface area contributed by atoms with E-state index in [2.05, 4.69) is 32.7 Å². The quantitative estimate of drug-likeness (QED) is 0.256. The van der Waals surface area contributed by atoms with E-state index in [4.69, 9.17) is 10.2 Å². The molecule has 6 N–H and O–H groups in total. The molecule has 2 aromatic heterocycles. The number of fused-ring (bicyclic) bond motifs is 1. The first kappa shape index (κ1) is 22.3. The van der Waals surface area contributed by atoms with E-state index >= 15 is 0 Å². The number of nitrogens with two attached hydrogens (primary N) is 1. The predicted molar refractivity (Wildman–Crippen MR) is 134 cm³/mol. The third-order valence-corrected chi connectivity index (χ3v) is 6.38. The lowest BCUT2D eigenvalue weighted by molar-refractivity contribution is 0.253. The number of anilines is 2. The molecule has 0 amide bonds. The van der Waals surface area contributed by atoms with Gasteiger partial charge in [0.2, 0.25) is 11.7 Å². The van der Waals surface area contributed by atoms with Crippen molar-refractivity contribution in [3.63, 3.8) is 0 Å². The molecule has 5 rings (SSSR count). The average Bonchev–Trinajstić information content (AvgIpc) is 3.25. The third-order valence-electron chi connectivity index (χ3n) is 6.38. The summed E-state index contributed by atoms with van der Waals surface area (Å²) in [5.74, 6) is 1.58. The summed E-state index contributed by atoms with van der Waals surface area (Å²) < 4.78 is 6.36. The van der Waals surface area contributed by atoms with Gasteiger partial charge in [-0.1, -0.05) is 54.6 Å². The summed E-state index contributed by atoms with van der Waals surface area (Å²) in [6.45, 7) is 0.549. The average molecular weight is 460 g/mol. The standard InChI is InChI=1S/C26H29N5O3/c27-26(11-4-12-26)19-9-7-18(8-10-19)22-20(17-5-2-1-3-6-17)21-23(28-13-15-32)30-25(29-14-16-33)31-24(21)34-22/h1-3,5-10,32-33H,4,11-16,27H2,(H2,28,29,30,31). The van der Waals surface area contributed by atoms with Crippen LogP contribution in [-0.4, -0.2) is 46.5 Å². The van der Waals surface area contributed by atoms with Crippen molar-refractivity contribution in [2.75, 3.05) is 36.9 Å². The second-order valence-corrected chi connectivity index (χ2v) is 8.64. The van der Waals surface area contributed by atoms with E-state index in [0.29, 0.717) is 36.3 Å². The zero-order valence-electron chi connectivity index (χ0n) is 18.9. The molecule has 0 unspecified atom stereocenters. The second-order valence-electron chi connectivity index (χ2n) is 8.64. The van der Waals surface area contributed by atoms with Crippen molar-refractivity contribution in [3.8, 4) is 22.5 Å². The predicted octanol–water partition coefficient (Wildman–Crippen LogP) is 3.70. The van der Waals surface area contributed by atoms with Gasteiger partial charge in [-0.3, -0.25) is 0 Å². The molecule has 0 spiro atoms. The maximum absolute atomic E-state index is 9.41. The van der Waals surface area contributed by atoms with E-state index in [1.54, 1.807) is 0 Å². The number of aliphatic hydroxyl groups excluding tert-OH is 2. The van der Waals surface area contributed by atoms with Gasteiger partial charge in [-0.15, -0.1) is 0 Å². The Morgan fingerprint density at radius 2 is 1.59 bits per heavy atom. The summed E-state index contributed by atoms with van der Waals surface area (Å²) in [6, 6.07) is 18.2. The number of aromatic nitrogens is 2. The smallest absolute Gasteiger partial charge is 0.234 e. The number of aliphatic hydroxyl groups is 2. The first-order chi connectivity index (χ1) is 16.6. The van der Waals surface area contributed by atoms with Crippen LogP contribution >= 0.6 is 0 Å². The van der Waals surface area contributed by atoms with Crippen molar-refractivity contribution in [1.29, 1.82) is 0 Å². The van der Waals surface area contributed by atoms with Gasteiger partial charge in [0.15, 0.2) is 0 Å². The van der Waals surface area contributed by atoms with E-state index in [1.165, 1.54) is 0 Å². The highest BCUT2D eigenvalue weighted by Gasteiger charge is 2.34. The molecule has 0 radical (unpaired) electrons. The summed E-state index contributed by atoms with van der Waals surface area (Å²) in [5.41, 5.74) is 10.6. The SMILES string of the molecule is NC1(c2ccc(-c3oc4nc(NCCO)nc(NCCO)c4c3-c3ccccc3)cc2)CCC1. The maximum atomic E-state index is 9.41. The highest BCUT2D eigenvalue weighted by Crippen LogP contribution is 2.44. The highest BCUT2D eigenvalue weighted by atomic mass is 16.3. The first-order valence-electron chi connectivity index (χ1n) is 11.6. The molecule has 8 nitrogen and oxygen atoms in total. The van der Waals surface area contributed by atoms with Gasteiger partial charge in [0.1, 0.15) is 11.6 Å². The number of benzene rings is 2. The van der Waals surface area contributed by atoms with Crippen molar-refractivity contribution in [2.24, 2.45) is 5.73 Å². The third kappa shape index (κ3) is 4.11. The summed E-state index contributed by atoms with van der Waals surface area (Å²) in [5, 5.41) is 25.5. The van der Waals surface area contributed by atoms with E-state index < -0.39 is 0 Å². The number of nitrogens with one attached hydrogen (secondary N) is 2. The molecule has 0 bridgehead atoms. The molecular weight excluding hydrogens is 430 g/mol. The summed E-state index contributed by atoms with van der Waals surface area (Å²) in [4.78, 5) is 9.17. The molecule has 176 valence electrons. The lowest BCUT2D eigenvalue weighted by Crippen LogP contribution is -2.43. The highest BCUT2D eigenvalue weighted by molar-refractivity contribution is 6.06. The molecule has 2 heterocycles. The maximum Gasteiger partial charge on any atom is 0.234 e. The van der Waals surface area contributed by atoms with E-state index in [-0.39, 0.29) is 18.8 Å². The Morgan fingerprint density at radius 3 is 2.24 bits per heavy atom. The van der Waals surface area contributed by atoms with E-state index in [0.717, 1.165) is 46.9 Å². The largest absolute Gasteiger partial charge is 0.437 e. The molecule has 1 aliphatic rings. The summed E-state index contributed by atoms with van der Waals surface area (Å²) >= 11 is 0. The Bertz CT molecular complexity index is 1270. The second kappa shape index (κ2) is 9.42. The van der Waals surface area contributed by atoms with Crippen LogP contribution in [0.2, 0.25) is 0 Å². The van der Waals surface area contributed by atoms with E-state index in [1.807, 2.05) is 42.5 Å². The molecule has 0 saturated heterocycles. The minimum Gasteiger partial charge on any atom is -0.437 e. The van der Waals surface area contributed by atoms with Gasteiger partial charge in [0, 0.05) is 29.8 Å². The molecule has 1 fully saturated rings. The fourth-order valence-electron chi connectivity index (χ4n) is 4.43. The minimum atomic E-state index is -0.227. The molecule has 1 aliphatic carbocycles. The topological polar surface area (TPSA) is 129 Å². The Labute approximate surface area is 197 Å². The van der Waals surface area contributed by atoms with Gasteiger partial charge < -0.3 is 31.0 Å². The van der Waals surface area contributed by atoms with Crippen molar-refractivity contribution in [2.45, 2.75) is 24.8 Å². The van der Waals surface area contributed by atoms with Crippen LogP contribution < -0.4 is 16.4 Å². The summed E-state index contributed by atoms with van der Waals surface area (Å²) in [6.07, 6.45) is 3.17. The van der Waals surface area contributed by atoms with E-state index in [9.17, 15) is 10.2 Å². The van der Waals surface area contributed by atoms with Crippen LogP contribution in [0.4, 0.5) is 11.8 Å². The van der Waals surface area contributed by atoms with Crippen molar-refractivity contribution < 1.29 is 14.6 Å². The Hall–Kier alpha value is -3.46. The molecule has 0 aliphatic heterocycles. The van der Waals surface area contributed by atoms with Gasteiger partial charge in [-0.25, -0.2) is 0 Å². The molecule has 1 saturated carbocycles. The van der Waals surface area contributed by atoms with Crippen molar-refractivity contribution in [1.82, 2.24) is 9.97 Å². The Balaban J connectivity index is 1.69. The van der Waals surface area contributed by atoms with Gasteiger partial charge in [-0.2, -0.15) is 9.97 Å². The summed E-state index contributed by atoms with van der Waals surface area (Å²) in [7, 11) is 0. The number of furan rings is 1.